The van der Waals surface area contributed by atoms with Crippen LogP contribution in [0.2, 0.25) is 0 Å². The lowest BCUT2D eigenvalue weighted by atomic mass is 10.2. The Morgan fingerprint density at radius 1 is 1.00 bits per heavy atom. The molecule has 3 rings (SSSR count). The van der Waals surface area contributed by atoms with Crippen molar-refractivity contribution in [3.8, 4) is 23.0 Å². The molecule has 0 aliphatic rings. The molecule has 1 heterocycles. The Balaban J connectivity index is 2.15. The normalized spacial score (nSPS) is 11.4. The monoisotopic (exact) mass is 380 g/mol. The van der Waals surface area contributed by atoms with Gasteiger partial charge in [0.2, 0.25) is 11.2 Å². The summed E-state index contributed by atoms with van der Waals surface area (Å²) in [6.07, 6.45) is -4.92. The molecule has 8 heteroatoms. The zero-order valence-electron chi connectivity index (χ0n) is 14.4. The van der Waals surface area contributed by atoms with Crippen LogP contribution in [0.25, 0.3) is 11.0 Å². The van der Waals surface area contributed by atoms with E-state index in [1.807, 2.05) is 0 Å². The van der Waals surface area contributed by atoms with E-state index in [4.69, 9.17) is 18.6 Å². The predicted molar refractivity (Wildman–Crippen MR) is 91.7 cm³/mol. The first-order valence-electron chi connectivity index (χ1n) is 7.96. The van der Waals surface area contributed by atoms with Gasteiger partial charge in [-0.25, -0.2) is 0 Å². The van der Waals surface area contributed by atoms with Gasteiger partial charge in [0.15, 0.2) is 0 Å². The molecule has 142 valence electrons. The highest BCUT2D eigenvalue weighted by Crippen LogP contribution is 2.38. The molecule has 5 nitrogen and oxygen atoms in total. The van der Waals surface area contributed by atoms with Gasteiger partial charge in [-0.15, -0.1) is 0 Å². The predicted octanol–water partition coefficient (Wildman–Crippen LogP) is 5.01. The van der Waals surface area contributed by atoms with Gasteiger partial charge in [0, 0.05) is 6.07 Å². The van der Waals surface area contributed by atoms with Crippen molar-refractivity contribution in [1.29, 1.82) is 0 Å². The van der Waals surface area contributed by atoms with Crippen molar-refractivity contribution in [2.24, 2.45) is 0 Å². The summed E-state index contributed by atoms with van der Waals surface area (Å²) >= 11 is 0. The van der Waals surface area contributed by atoms with E-state index in [2.05, 4.69) is 0 Å². The van der Waals surface area contributed by atoms with Crippen molar-refractivity contribution < 1.29 is 31.8 Å². The molecule has 0 atom stereocenters. The summed E-state index contributed by atoms with van der Waals surface area (Å²) in [4.78, 5) is 12.6. The molecule has 0 N–H and O–H groups in total. The third-order valence-electron chi connectivity index (χ3n) is 3.67. The average molecular weight is 380 g/mol. The second kappa shape index (κ2) is 7.22. The Bertz CT molecular complexity index is 1010. The van der Waals surface area contributed by atoms with Crippen molar-refractivity contribution in [2.75, 3.05) is 13.7 Å². The number of halogens is 3. The topological polar surface area (TPSA) is 57.9 Å². The summed E-state index contributed by atoms with van der Waals surface area (Å²) in [5, 5.41) is -0.0463. The standard InChI is InChI=1S/C19H15F3O5/c1-3-25-13-8-9-14-15(10-13)27-18(19(20,21)22)17(16(14)23)26-12-6-4-11(24-2)5-7-12/h4-10H,3H2,1-2H3. The van der Waals surface area contributed by atoms with E-state index >= 15 is 0 Å². The second-order valence-electron chi connectivity index (χ2n) is 5.46. The molecule has 2 aromatic carbocycles. The Hall–Kier alpha value is -3.16. The van der Waals surface area contributed by atoms with Crippen LogP contribution in [0.15, 0.2) is 51.7 Å². The Kier molecular flexibility index (Phi) is 4.98. The fourth-order valence-corrected chi connectivity index (χ4v) is 2.45. The molecule has 0 fully saturated rings. The summed E-state index contributed by atoms with van der Waals surface area (Å²) in [6.45, 7) is 2.05. The van der Waals surface area contributed by atoms with Crippen molar-refractivity contribution >= 4 is 11.0 Å². The maximum atomic E-state index is 13.5. The van der Waals surface area contributed by atoms with Gasteiger partial charge >= 0.3 is 6.18 Å². The summed E-state index contributed by atoms with van der Waals surface area (Å²) < 4.78 is 60.8. The van der Waals surface area contributed by atoms with Crippen molar-refractivity contribution in [1.82, 2.24) is 0 Å². The van der Waals surface area contributed by atoms with Gasteiger partial charge in [-0.3, -0.25) is 4.79 Å². The van der Waals surface area contributed by atoms with Crippen LogP contribution in [0.1, 0.15) is 12.7 Å². The maximum absolute atomic E-state index is 13.5. The summed E-state index contributed by atoms with van der Waals surface area (Å²) in [7, 11) is 1.45. The highest BCUT2D eigenvalue weighted by Gasteiger charge is 2.40. The lowest BCUT2D eigenvalue weighted by Crippen LogP contribution is -2.15. The van der Waals surface area contributed by atoms with E-state index in [9.17, 15) is 18.0 Å². The summed E-state index contributed by atoms with van der Waals surface area (Å²) in [5.41, 5.74) is -1.16. The summed E-state index contributed by atoms with van der Waals surface area (Å²) in [6, 6.07) is 9.84. The Morgan fingerprint density at radius 2 is 1.63 bits per heavy atom. The van der Waals surface area contributed by atoms with Gasteiger partial charge < -0.3 is 18.6 Å². The fourth-order valence-electron chi connectivity index (χ4n) is 2.45. The number of fused-ring (bicyclic) bond motifs is 1. The largest absolute Gasteiger partial charge is 0.497 e. The number of alkyl halides is 3. The van der Waals surface area contributed by atoms with E-state index in [-0.39, 0.29) is 16.7 Å². The number of benzene rings is 2. The van der Waals surface area contributed by atoms with Crippen LogP contribution >= 0.6 is 0 Å². The fraction of sp³-hybridized carbons (Fsp3) is 0.211. The molecule has 0 radical (unpaired) electrons. The van der Waals surface area contributed by atoms with Gasteiger partial charge in [-0.2, -0.15) is 13.2 Å². The van der Waals surface area contributed by atoms with Crippen molar-refractivity contribution in [3.05, 3.63) is 58.4 Å². The number of ether oxygens (including phenoxy) is 3. The summed E-state index contributed by atoms with van der Waals surface area (Å²) in [5.74, 6) is -1.61. The lowest BCUT2D eigenvalue weighted by Gasteiger charge is -2.14. The molecule has 0 saturated carbocycles. The molecule has 0 amide bonds. The third-order valence-corrected chi connectivity index (χ3v) is 3.67. The first-order valence-corrected chi connectivity index (χ1v) is 7.96. The molecule has 0 unspecified atom stereocenters. The van der Waals surface area contributed by atoms with Crippen LogP contribution in [0.3, 0.4) is 0 Å². The zero-order valence-corrected chi connectivity index (χ0v) is 14.4. The minimum absolute atomic E-state index is 0.0406. The first kappa shape index (κ1) is 18.6. The van der Waals surface area contributed by atoms with Gasteiger partial charge in [0.25, 0.3) is 5.76 Å². The third kappa shape index (κ3) is 3.84. The van der Waals surface area contributed by atoms with Crippen LogP contribution in [-0.4, -0.2) is 13.7 Å². The number of rotatable bonds is 5. The molecule has 0 saturated heterocycles. The number of methoxy groups -OCH3 is 1. The molecule has 3 aromatic rings. The SMILES string of the molecule is CCOc1ccc2c(=O)c(Oc3ccc(OC)cc3)c(C(F)(F)F)oc2c1. The zero-order chi connectivity index (χ0) is 19.6. The molecule has 0 bridgehead atoms. The first-order chi connectivity index (χ1) is 12.8. The smallest absolute Gasteiger partial charge is 0.453 e. The second-order valence-corrected chi connectivity index (χ2v) is 5.46. The minimum atomic E-state index is -4.92. The molecule has 27 heavy (non-hydrogen) atoms. The van der Waals surface area contributed by atoms with Gasteiger partial charge in [-0.05, 0) is 43.3 Å². The molecule has 1 aromatic heterocycles. The number of hydrogen-bond donors (Lipinski definition) is 0. The molecule has 0 aliphatic carbocycles. The lowest BCUT2D eigenvalue weighted by molar-refractivity contribution is -0.154. The van der Waals surface area contributed by atoms with Crippen molar-refractivity contribution in [3.63, 3.8) is 0 Å². The quantitative estimate of drug-likeness (QED) is 0.623. The van der Waals surface area contributed by atoms with E-state index in [1.165, 1.54) is 49.6 Å². The van der Waals surface area contributed by atoms with E-state index in [0.717, 1.165) is 0 Å². The maximum Gasteiger partial charge on any atom is 0.453 e. The molecule has 0 spiro atoms. The van der Waals surface area contributed by atoms with Crippen LogP contribution < -0.4 is 19.6 Å². The Morgan fingerprint density at radius 3 is 2.22 bits per heavy atom. The highest BCUT2D eigenvalue weighted by molar-refractivity contribution is 5.79. The van der Waals surface area contributed by atoms with Crippen LogP contribution in [0.5, 0.6) is 23.0 Å². The van der Waals surface area contributed by atoms with Crippen molar-refractivity contribution in [2.45, 2.75) is 13.1 Å². The van der Waals surface area contributed by atoms with Crippen LogP contribution in [0, 0.1) is 0 Å². The highest BCUT2D eigenvalue weighted by atomic mass is 19.4. The Labute approximate surface area is 151 Å². The van der Waals surface area contributed by atoms with Gasteiger partial charge in [0.1, 0.15) is 22.8 Å². The molecular formula is C19H15F3O5. The van der Waals surface area contributed by atoms with Crippen LogP contribution in [0.4, 0.5) is 13.2 Å². The number of hydrogen-bond acceptors (Lipinski definition) is 5. The van der Waals surface area contributed by atoms with Crippen LogP contribution in [-0.2, 0) is 6.18 Å². The average Bonchev–Trinajstić information content (AvgIpc) is 2.63. The van der Waals surface area contributed by atoms with Gasteiger partial charge in [-0.1, -0.05) is 0 Å². The van der Waals surface area contributed by atoms with E-state index in [1.54, 1.807) is 6.92 Å². The van der Waals surface area contributed by atoms with E-state index < -0.39 is 23.1 Å². The minimum Gasteiger partial charge on any atom is -0.497 e. The molecule has 0 aliphatic heterocycles. The van der Waals surface area contributed by atoms with E-state index in [0.29, 0.717) is 18.1 Å². The van der Waals surface area contributed by atoms with Gasteiger partial charge in [0.05, 0.1) is 19.1 Å². The molecular weight excluding hydrogens is 365 g/mol.